The first kappa shape index (κ1) is 32.0. The van der Waals surface area contributed by atoms with E-state index < -0.39 is 12.1 Å². The Bertz CT molecular complexity index is 1370. The number of nitrogens with one attached hydrogen (secondary N) is 2. The fraction of sp³-hybridized carbons (Fsp3) is 0.429. The number of carbonyl (C=O) groups is 2. The first-order valence-corrected chi connectivity index (χ1v) is 13.1. The number of methoxy groups -OCH3 is 2. The predicted octanol–water partition coefficient (Wildman–Crippen LogP) is 4.45. The van der Waals surface area contributed by atoms with Gasteiger partial charge in [0.2, 0.25) is 11.7 Å². The lowest BCUT2D eigenvalue weighted by atomic mass is 9.86. The number of halogens is 3. The molecule has 4 N–H and O–H groups in total. The van der Waals surface area contributed by atoms with Gasteiger partial charge in [0.1, 0.15) is 5.82 Å². The van der Waals surface area contributed by atoms with Gasteiger partial charge < -0.3 is 35.2 Å². The van der Waals surface area contributed by atoms with Gasteiger partial charge in [0.15, 0.2) is 11.5 Å². The largest absolute Gasteiger partial charge is 0.502 e. The number of hydrogen-bond donors (Lipinski definition) is 4. The number of carboxylic acid groups (broad SMARTS) is 1. The van der Waals surface area contributed by atoms with Crippen molar-refractivity contribution >= 4 is 34.5 Å². The molecule has 0 saturated heterocycles. The summed E-state index contributed by atoms with van der Waals surface area (Å²) >= 11 is 0. The third kappa shape index (κ3) is 8.27. The van der Waals surface area contributed by atoms with Gasteiger partial charge in [0, 0.05) is 37.6 Å². The summed E-state index contributed by atoms with van der Waals surface area (Å²) in [6, 6.07) is 11.4. The highest BCUT2D eigenvalue weighted by Gasteiger charge is 2.38. The highest BCUT2D eigenvalue weighted by Crippen LogP contribution is 2.37. The Balaban J connectivity index is 0.000000616. The van der Waals surface area contributed by atoms with Crippen LogP contribution in [0.3, 0.4) is 0 Å². The Kier molecular flexibility index (Phi) is 10.6. The molecule has 0 radical (unpaired) electrons. The standard InChI is InChI=1S/C26H33N5O4.C2HF3O2/c1-31(2)24-19-7-5-6-8-20(19)29-26(30-24)28-18-11-9-16(10-12-18)15-27-25(33)17-13-21(34-3)23(32)22(14-17)35-4;3-2(4,5)1(6)7/h5-8,13-14,16,18,32H,9-12,15H2,1-4H3,(H,27,33)(H,28,29,30);(H,6,7). The first-order chi connectivity index (χ1) is 19.8. The third-order valence-electron chi connectivity index (χ3n) is 6.72. The quantitative estimate of drug-likeness (QED) is 0.295. The van der Waals surface area contributed by atoms with Crippen molar-refractivity contribution < 1.29 is 42.4 Å². The summed E-state index contributed by atoms with van der Waals surface area (Å²) in [6.07, 6.45) is -1.13. The van der Waals surface area contributed by atoms with E-state index in [4.69, 9.17) is 29.3 Å². The lowest BCUT2D eigenvalue weighted by Crippen LogP contribution is -2.34. The molecule has 4 rings (SSSR count). The average molecular weight is 594 g/mol. The van der Waals surface area contributed by atoms with Crippen LogP contribution in [0.4, 0.5) is 24.9 Å². The number of phenolic OH excluding ortho intramolecular Hbond substituents is 1. The minimum atomic E-state index is -5.08. The second-order valence-electron chi connectivity index (χ2n) is 9.89. The van der Waals surface area contributed by atoms with Crippen molar-refractivity contribution in [1.29, 1.82) is 0 Å². The number of alkyl halides is 3. The van der Waals surface area contributed by atoms with E-state index in [0.29, 0.717) is 30.0 Å². The number of anilines is 2. The Hall–Kier alpha value is -4.49. The van der Waals surface area contributed by atoms with Gasteiger partial charge in [-0.05, 0) is 55.9 Å². The molecular weight excluding hydrogens is 559 g/mol. The second kappa shape index (κ2) is 13.9. The van der Waals surface area contributed by atoms with Crippen molar-refractivity contribution in [2.75, 3.05) is 45.1 Å². The number of amides is 1. The van der Waals surface area contributed by atoms with Gasteiger partial charge in [-0.15, -0.1) is 0 Å². The van der Waals surface area contributed by atoms with Crippen molar-refractivity contribution in [1.82, 2.24) is 15.3 Å². The number of aliphatic carboxylic acids is 1. The van der Waals surface area contributed by atoms with Crippen molar-refractivity contribution in [3.8, 4) is 17.2 Å². The van der Waals surface area contributed by atoms with Gasteiger partial charge >= 0.3 is 12.1 Å². The fourth-order valence-corrected chi connectivity index (χ4v) is 4.52. The maximum atomic E-state index is 12.7. The summed E-state index contributed by atoms with van der Waals surface area (Å²) in [5.74, 6) is -0.742. The predicted molar refractivity (Wildman–Crippen MR) is 150 cm³/mol. The summed E-state index contributed by atoms with van der Waals surface area (Å²) in [5, 5.41) is 24.7. The molecule has 0 aliphatic heterocycles. The molecule has 1 amide bonds. The zero-order chi connectivity index (χ0) is 31.0. The van der Waals surface area contributed by atoms with E-state index >= 15 is 0 Å². The molecule has 1 aliphatic rings. The Morgan fingerprint density at radius 3 is 2.12 bits per heavy atom. The monoisotopic (exact) mass is 593 g/mol. The normalized spacial score (nSPS) is 16.5. The lowest BCUT2D eigenvalue weighted by molar-refractivity contribution is -0.192. The fourth-order valence-electron chi connectivity index (χ4n) is 4.52. The minimum absolute atomic E-state index is 0.120. The zero-order valence-electron chi connectivity index (χ0n) is 23.7. The van der Waals surface area contributed by atoms with E-state index in [9.17, 15) is 23.1 Å². The molecule has 1 saturated carbocycles. The van der Waals surface area contributed by atoms with Crippen LogP contribution < -0.4 is 25.0 Å². The number of phenols is 1. The van der Waals surface area contributed by atoms with Crippen LogP contribution in [0.1, 0.15) is 36.0 Å². The van der Waals surface area contributed by atoms with E-state index in [1.807, 2.05) is 43.3 Å². The Labute approximate surface area is 240 Å². The molecule has 0 spiro atoms. The number of benzene rings is 2. The minimum Gasteiger partial charge on any atom is -0.502 e. The van der Waals surface area contributed by atoms with E-state index in [1.54, 1.807) is 0 Å². The maximum Gasteiger partial charge on any atom is 0.490 e. The number of hydrogen-bond acceptors (Lipinski definition) is 9. The van der Waals surface area contributed by atoms with Gasteiger partial charge in [-0.2, -0.15) is 18.2 Å². The molecule has 1 fully saturated rings. The van der Waals surface area contributed by atoms with Crippen LogP contribution >= 0.6 is 0 Å². The van der Waals surface area contributed by atoms with Crippen LogP contribution in [-0.2, 0) is 4.79 Å². The first-order valence-electron chi connectivity index (χ1n) is 13.1. The number of aromatic nitrogens is 2. The summed E-state index contributed by atoms with van der Waals surface area (Å²) in [4.78, 5) is 33.1. The van der Waals surface area contributed by atoms with Crippen molar-refractivity contribution in [3.63, 3.8) is 0 Å². The van der Waals surface area contributed by atoms with Crippen molar-refractivity contribution in [2.45, 2.75) is 37.9 Å². The molecule has 14 heteroatoms. The SMILES string of the molecule is COc1cc(C(=O)NCC2CCC(Nc3nc(N(C)C)c4ccccc4n3)CC2)cc(OC)c1O.O=C(O)C(F)(F)F. The molecule has 42 heavy (non-hydrogen) atoms. The number of carboxylic acids is 1. The molecule has 0 unspecified atom stereocenters. The number of fused-ring (bicyclic) bond motifs is 1. The average Bonchev–Trinajstić information content (AvgIpc) is 2.96. The van der Waals surface area contributed by atoms with E-state index in [2.05, 4.69) is 10.6 Å². The summed E-state index contributed by atoms with van der Waals surface area (Å²) in [5.41, 5.74) is 1.31. The van der Waals surface area contributed by atoms with E-state index in [1.165, 1.54) is 26.4 Å². The van der Waals surface area contributed by atoms with Crippen LogP contribution in [0.15, 0.2) is 36.4 Å². The van der Waals surface area contributed by atoms with Crippen molar-refractivity contribution in [3.05, 3.63) is 42.0 Å². The van der Waals surface area contributed by atoms with E-state index in [-0.39, 0.29) is 23.2 Å². The molecule has 0 atom stereocenters. The molecule has 2 aromatic carbocycles. The van der Waals surface area contributed by atoms with Crippen LogP contribution in [0.2, 0.25) is 0 Å². The molecule has 1 heterocycles. The molecule has 0 bridgehead atoms. The highest BCUT2D eigenvalue weighted by molar-refractivity contribution is 5.95. The van der Waals surface area contributed by atoms with Crippen LogP contribution in [0, 0.1) is 5.92 Å². The number of nitrogens with zero attached hydrogens (tertiary/aromatic N) is 3. The lowest BCUT2D eigenvalue weighted by Gasteiger charge is -2.29. The second-order valence-corrected chi connectivity index (χ2v) is 9.89. The molecular formula is C28H34F3N5O6. The molecule has 3 aromatic rings. The van der Waals surface area contributed by atoms with Crippen LogP contribution in [0.5, 0.6) is 17.2 Å². The zero-order valence-corrected chi connectivity index (χ0v) is 23.7. The highest BCUT2D eigenvalue weighted by atomic mass is 19.4. The van der Waals surface area contributed by atoms with Crippen LogP contribution in [0.25, 0.3) is 10.9 Å². The Morgan fingerprint density at radius 1 is 1.02 bits per heavy atom. The number of para-hydroxylation sites is 1. The van der Waals surface area contributed by atoms with Gasteiger partial charge in [0.25, 0.3) is 5.91 Å². The number of carbonyl (C=O) groups excluding carboxylic acids is 1. The summed E-state index contributed by atoms with van der Waals surface area (Å²) < 4.78 is 42.0. The van der Waals surface area contributed by atoms with E-state index in [0.717, 1.165) is 42.4 Å². The number of rotatable bonds is 8. The molecule has 1 aliphatic carbocycles. The van der Waals surface area contributed by atoms with Gasteiger partial charge in [-0.25, -0.2) is 9.78 Å². The van der Waals surface area contributed by atoms with Gasteiger partial charge in [-0.3, -0.25) is 4.79 Å². The summed E-state index contributed by atoms with van der Waals surface area (Å²) in [7, 11) is 6.85. The topological polar surface area (TPSA) is 146 Å². The third-order valence-corrected chi connectivity index (χ3v) is 6.72. The van der Waals surface area contributed by atoms with Gasteiger partial charge in [-0.1, -0.05) is 12.1 Å². The summed E-state index contributed by atoms with van der Waals surface area (Å²) in [6.45, 7) is 0.592. The molecule has 228 valence electrons. The van der Waals surface area contributed by atoms with Gasteiger partial charge in [0.05, 0.1) is 19.7 Å². The molecule has 11 nitrogen and oxygen atoms in total. The number of aromatic hydroxyl groups is 1. The maximum absolute atomic E-state index is 12.7. The van der Waals surface area contributed by atoms with Crippen LogP contribution in [-0.4, -0.2) is 79.1 Å². The Morgan fingerprint density at radius 2 is 1.60 bits per heavy atom. The number of ether oxygens (including phenoxy) is 2. The smallest absolute Gasteiger partial charge is 0.490 e. The molecule has 1 aromatic heterocycles. The van der Waals surface area contributed by atoms with Crippen molar-refractivity contribution in [2.24, 2.45) is 5.92 Å².